The fourth-order valence-electron chi connectivity index (χ4n) is 1.96. The molecule has 1 N–H and O–H groups in total. The Kier molecular flexibility index (Phi) is 6.61. The van der Waals surface area contributed by atoms with Crippen LogP contribution in [-0.4, -0.2) is 46.1 Å². The molecule has 0 saturated carbocycles. The zero-order chi connectivity index (χ0) is 15.2. The van der Waals surface area contributed by atoms with Gasteiger partial charge in [0.1, 0.15) is 0 Å². The van der Waals surface area contributed by atoms with Gasteiger partial charge in [0, 0.05) is 26.2 Å². The van der Waals surface area contributed by atoms with Crippen LogP contribution in [0.4, 0.5) is 0 Å². The average molecular weight is 300 g/mol. The Labute approximate surface area is 122 Å². The van der Waals surface area contributed by atoms with Crippen molar-refractivity contribution in [3.63, 3.8) is 0 Å². The summed E-state index contributed by atoms with van der Waals surface area (Å²) in [6.45, 7) is 5.19. The molecule has 0 saturated heterocycles. The van der Waals surface area contributed by atoms with Gasteiger partial charge >= 0.3 is 0 Å². The zero-order valence-electron chi connectivity index (χ0n) is 12.6. The Morgan fingerprint density at radius 3 is 2.30 bits per heavy atom. The molecule has 0 radical (unpaired) electrons. The Morgan fingerprint density at radius 1 is 1.25 bits per heavy atom. The minimum Gasteiger partial charge on any atom is -0.383 e. The van der Waals surface area contributed by atoms with Gasteiger partial charge in [0.15, 0.2) is 0 Å². The molecule has 1 aromatic carbocycles. The Morgan fingerprint density at radius 2 is 1.85 bits per heavy atom. The molecular formula is C14H24N2O3S. The number of hydrogen-bond donors (Lipinski definition) is 1. The van der Waals surface area contributed by atoms with Gasteiger partial charge in [-0.3, -0.25) is 0 Å². The van der Waals surface area contributed by atoms with Crippen molar-refractivity contribution in [2.75, 3.05) is 27.3 Å². The van der Waals surface area contributed by atoms with E-state index in [0.29, 0.717) is 18.0 Å². The molecule has 0 unspecified atom stereocenters. The normalized spacial score (nSPS) is 12.3. The van der Waals surface area contributed by atoms with Crippen molar-refractivity contribution in [2.45, 2.75) is 31.3 Å². The average Bonchev–Trinajstić information content (AvgIpc) is 2.39. The van der Waals surface area contributed by atoms with Crippen LogP contribution < -0.4 is 5.32 Å². The standard InChI is InChI=1S/C14H24N2O3S/c1-12(2)16(9-10-19-4)20(17,18)14-7-5-13(6-8-14)11-15-3/h5-8,12,15H,9-11H2,1-4H3. The van der Waals surface area contributed by atoms with Crippen molar-refractivity contribution in [1.82, 2.24) is 9.62 Å². The number of rotatable bonds is 8. The van der Waals surface area contributed by atoms with Crippen LogP contribution in [0, 0.1) is 0 Å². The third kappa shape index (κ3) is 4.28. The molecule has 1 aromatic rings. The number of nitrogens with one attached hydrogen (secondary N) is 1. The van der Waals surface area contributed by atoms with E-state index in [2.05, 4.69) is 5.32 Å². The van der Waals surface area contributed by atoms with Crippen LogP contribution in [0.1, 0.15) is 19.4 Å². The summed E-state index contributed by atoms with van der Waals surface area (Å²) < 4.78 is 31.7. The highest BCUT2D eigenvalue weighted by Crippen LogP contribution is 2.18. The van der Waals surface area contributed by atoms with E-state index in [9.17, 15) is 8.42 Å². The van der Waals surface area contributed by atoms with Crippen LogP contribution in [-0.2, 0) is 21.3 Å². The molecule has 114 valence electrons. The van der Waals surface area contributed by atoms with Gasteiger partial charge in [0.25, 0.3) is 0 Å². The molecule has 0 bridgehead atoms. The van der Waals surface area contributed by atoms with Gasteiger partial charge in [0.05, 0.1) is 11.5 Å². The van der Waals surface area contributed by atoms with E-state index in [-0.39, 0.29) is 6.04 Å². The Balaban J connectivity index is 3.00. The van der Waals surface area contributed by atoms with E-state index < -0.39 is 10.0 Å². The quantitative estimate of drug-likeness (QED) is 0.789. The van der Waals surface area contributed by atoms with Crippen LogP contribution in [0.5, 0.6) is 0 Å². The number of hydrogen-bond acceptors (Lipinski definition) is 4. The third-order valence-electron chi connectivity index (χ3n) is 3.00. The maximum atomic E-state index is 12.6. The second-order valence-electron chi connectivity index (χ2n) is 4.88. The number of nitrogens with zero attached hydrogens (tertiary/aromatic N) is 1. The van der Waals surface area contributed by atoms with Crippen molar-refractivity contribution in [3.8, 4) is 0 Å². The molecule has 20 heavy (non-hydrogen) atoms. The summed E-state index contributed by atoms with van der Waals surface area (Å²) in [6.07, 6.45) is 0. The van der Waals surface area contributed by atoms with Gasteiger partial charge in [-0.2, -0.15) is 4.31 Å². The summed E-state index contributed by atoms with van der Waals surface area (Å²) in [5.41, 5.74) is 1.06. The van der Waals surface area contributed by atoms with Crippen molar-refractivity contribution in [3.05, 3.63) is 29.8 Å². The predicted octanol–water partition coefficient (Wildman–Crippen LogP) is 1.45. The molecule has 0 aromatic heterocycles. The van der Waals surface area contributed by atoms with Crippen LogP contribution in [0.15, 0.2) is 29.2 Å². The predicted molar refractivity (Wildman–Crippen MR) is 80.1 cm³/mol. The second-order valence-corrected chi connectivity index (χ2v) is 6.77. The summed E-state index contributed by atoms with van der Waals surface area (Å²) in [5, 5.41) is 3.03. The molecule has 0 aliphatic rings. The maximum absolute atomic E-state index is 12.6. The Hall–Kier alpha value is -0.950. The first-order valence-electron chi connectivity index (χ1n) is 6.67. The first-order chi connectivity index (χ1) is 9.43. The lowest BCUT2D eigenvalue weighted by Gasteiger charge is -2.25. The monoisotopic (exact) mass is 300 g/mol. The summed E-state index contributed by atoms with van der Waals surface area (Å²) in [5.74, 6) is 0. The van der Waals surface area contributed by atoms with Gasteiger partial charge in [0.2, 0.25) is 10.0 Å². The second kappa shape index (κ2) is 7.73. The third-order valence-corrected chi connectivity index (χ3v) is 5.09. The van der Waals surface area contributed by atoms with E-state index in [1.807, 2.05) is 33.0 Å². The van der Waals surface area contributed by atoms with Crippen molar-refractivity contribution < 1.29 is 13.2 Å². The van der Waals surface area contributed by atoms with Crippen molar-refractivity contribution >= 4 is 10.0 Å². The van der Waals surface area contributed by atoms with Crippen LogP contribution in [0.2, 0.25) is 0 Å². The lowest BCUT2D eigenvalue weighted by atomic mass is 10.2. The largest absolute Gasteiger partial charge is 0.383 e. The lowest BCUT2D eigenvalue weighted by molar-refractivity contribution is 0.171. The number of ether oxygens (including phenoxy) is 1. The smallest absolute Gasteiger partial charge is 0.243 e. The molecule has 0 amide bonds. The van der Waals surface area contributed by atoms with E-state index in [1.165, 1.54) is 4.31 Å². The highest BCUT2D eigenvalue weighted by Gasteiger charge is 2.26. The fraction of sp³-hybridized carbons (Fsp3) is 0.571. The highest BCUT2D eigenvalue weighted by atomic mass is 32.2. The summed E-state index contributed by atoms with van der Waals surface area (Å²) in [6, 6.07) is 6.87. The minimum absolute atomic E-state index is 0.105. The lowest BCUT2D eigenvalue weighted by Crippen LogP contribution is -2.39. The van der Waals surface area contributed by atoms with E-state index >= 15 is 0 Å². The van der Waals surface area contributed by atoms with Crippen LogP contribution in [0.3, 0.4) is 0 Å². The molecule has 0 aliphatic carbocycles. The summed E-state index contributed by atoms with van der Waals surface area (Å²) in [7, 11) is -0.0472. The maximum Gasteiger partial charge on any atom is 0.243 e. The van der Waals surface area contributed by atoms with Gasteiger partial charge < -0.3 is 10.1 Å². The summed E-state index contributed by atoms with van der Waals surface area (Å²) in [4.78, 5) is 0.321. The minimum atomic E-state index is -3.47. The number of benzene rings is 1. The Bertz CT molecular complexity index is 498. The number of methoxy groups -OCH3 is 1. The van der Waals surface area contributed by atoms with Crippen molar-refractivity contribution in [2.24, 2.45) is 0 Å². The first-order valence-corrected chi connectivity index (χ1v) is 8.11. The molecule has 1 rings (SSSR count). The van der Waals surface area contributed by atoms with E-state index in [1.54, 1.807) is 19.2 Å². The van der Waals surface area contributed by atoms with Crippen molar-refractivity contribution in [1.29, 1.82) is 0 Å². The molecule has 0 heterocycles. The molecule has 5 nitrogen and oxygen atoms in total. The fourth-order valence-corrected chi connectivity index (χ4v) is 3.58. The van der Waals surface area contributed by atoms with E-state index in [0.717, 1.165) is 12.1 Å². The first kappa shape index (κ1) is 17.1. The molecule has 0 spiro atoms. The van der Waals surface area contributed by atoms with Crippen LogP contribution >= 0.6 is 0 Å². The van der Waals surface area contributed by atoms with Gasteiger partial charge in [-0.15, -0.1) is 0 Å². The summed E-state index contributed by atoms with van der Waals surface area (Å²) >= 11 is 0. The van der Waals surface area contributed by atoms with E-state index in [4.69, 9.17) is 4.74 Å². The van der Waals surface area contributed by atoms with Crippen LogP contribution in [0.25, 0.3) is 0 Å². The topological polar surface area (TPSA) is 58.6 Å². The zero-order valence-corrected chi connectivity index (χ0v) is 13.4. The molecule has 6 heteroatoms. The van der Waals surface area contributed by atoms with Gasteiger partial charge in [-0.1, -0.05) is 12.1 Å². The SMILES string of the molecule is CNCc1ccc(S(=O)(=O)N(CCOC)C(C)C)cc1. The molecule has 0 aliphatic heterocycles. The molecule has 0 fully saturated rings. The molecular weight excluding hydrogens is 276 g/mol. The van der Waals surface area contributed by atoms with Gasteiger partial charge in [-0.05, 0) is 38.6 Å². The van der Waals surface area contributed by atoms with Gasteiger partial charge in [-0.25, -0.2) is 8.42 Å². The molecule has 0 atom stereocenters. The number of sulfonamides is 1. The highest BCUT2D eigenvalue weighted by molar-refractivity contribution is 7.89.